The smallest absolute Gasteiger partial charge is 0.325 e. The molecule has 0 bridgehead atoms. The first kappa shape index (κ1) is 43.9. The first-order valence-electron chi connectivity index (χ1n) is 15.6. The van der Waals surface area contributed by atoms with Gasteiger partial charge in [-0.3, -0.25) is 43.3 Å². The largest absolute Gasteiger partial charge is 0.481 e. The van der Waals surface area contributed by atoms with Gasteiger partial charge in [0.15, 0.2) is 5.96 Å². The number of hydrogen-bond donors (Lipinski definition) is 12. The van der Waals surface area contributed by atoms with E-state index in [9.17, 15) is 43.5 Å². The van der Waals surface area contributed by atoms with Crippen LogP contribution in [0.15, 0.2) is 4.99 Å². The maximum absolute atomic E-state index is 13.3. The van der Waals surface area contributed by atoms with Crippen molar-refractivity contribution in [1.82, 2.24) is 26.6 Å². The van der Waals surface area contributed by atoms with Crippen molar-refractivity contribution in [3.05, 3.63) is 0 Å². The number of aliphatic carboxylic acids is 3. The molecule has 21 nitrogen and oxygen atoms in total. The van der Waals surface area contributed by atoms with E-state index in [2.05, 4.69) is 31.6 Å². The minimum absolute atomic E-state index is 0.00373. The highest BCUT2D eigenvalue weighted by molar-refractivity contribution is 5.96. The summed E-state index contributed by atoms with van der Waals surface area (Å²) in [5, 5.41) is 38.9. The molecule has 0 spiro atoms. The van der Waals surface area contributed by atoms with Gasteiger partial charge in [-0.15, -0.1) is 0 Å². The highest BCUT2D eigenvalue weighted by Crippen LogP contribution is 2.07. The minimum Gasteiger partial charge on any atom is -0.481 e. The van der Waals surface area contributed by atoms with E-state index in [0.717, 1.165) is 6.92 Å². The number of nitrogens with two attached hydrogens (primary N) is 4. The molecule has 0 aliphatic carbocycles. The third-order valence-corrected chi connectivity index (χ3v) is 6.93. The Labute approximate surface area is 282 Å². The van der Waals surface area contributed by atoms with Crippen molar-refractivity contribution in [2.75, 3.05) is 13.1 Å². The molecule has 0 saturated carbocycles. The van der Waals surface area contributed by atoms with Crippen molar-refractivity contribution in [1.29, 1.82) is 0 Å². The number of guanidine groups is 1. The maximum Gasteiger partial charge on any atom is 0.325 e. The summed E-state index contributed by atoms with van der Waals surface area (Å²) in [5.74, 6) is -8.65. The molecule has 0 aromatic heterocycles. The number of carboxylic acids is 3. The number of aliphatic imine (C=N–C) groups is 1. The average molecular weight is 703 g/mol. The highest BCUT2D eigenvalue weighted by atomic mass is 16.4. The van der Waals surface area contributed by atoms with Crippen LogP contribution in [-0.2, 0) is 38.4 Å². The molecule has 0 saturated heterocycles. The third kappa shape index (κ3) is 19.4. The Morgan fingerprint density at radius 2 is 1.04 bits per heavy atom. The molecule has 0 aliphatic heterocycles. The van der Waals surface area contributed by atoms with Crippen molar-refractivity contribution < 1.29 is 53.7 Å². The second kappa shape index (κ2) is 23.3. The van der Waals surface area contributed by atoms with Crippen LogP contribution in [0.3, 0.4) is 0 Å². The molecule has 21 heteroatoms. The minimum atomic E-state index is -1.52. The predicted octanol–water partition coefficient (Wildman–Crippen LogP) is -4.23. The Morgan fingerprint density at radius 1 is 0.592 bits per heavy atom. The van der Waals surface area contributed by atoms with Crippen molar-refractivity contribution >= 4 is 53.4 Å². The van der Waals surface area contributed by atoms with E-state index in [4.69, 9.17) is 33.1 Å². The van der Waals surface area contributed by atoms with Crippen LogP contribution >= 0.6 is 0 Å². The Morgan fingerprint density at radius 3 is 1.51 bits per heavy atom. The maximum atomic E-state index is 13.3. The van der Waals surface area contributed by atoms with Gasteiger partial charge in [0.25, 0.3) is 0 Å². The second-order valence-corrected chi connectivity index (χ2v) is 11.2. The van der Waals surface area contributed by atoms with Gasteiger partial charge in [-0.25, -0.2) is 0 Å². The van der Waals surface area contributed by atoms with Gasteiger partial charge in [-0.05, 0) is 58.9 Å². The Balaban J connectivity index is 5.87. The topological polar surface area (TPSA) is 374 Å². The Hall–Kier alpha value is -5.05. The Bertz CT molecular complexity index is 1200. The van der Waals surface area contributed by atoms with Crippen molar-refractivity contribution in [2.24, 2.45) is 27.9 Å². The van der Waals surface area contributed by atoms with Gasteiger partial charge in [0.1, 0.15) is 30.2 Å². The van der Waals surface area contributed by atoms with Crippen LogP contribution in [0.4, 0.5) is 0 Å². The molecular weight excluding hydrogens is 652 g/mol. The van der Waals surface area contributed by atoms with E-state index in [1.54, 1.807) is 0 Å². The summed E-state index contributed by atoms with van der Waals surface area (Å²) in [6, 6.07) is -7.99. The van der Waals surface area contributed by atoms with Crippen molar-refractivity contribution in [2.45, 2.75) is 108 Å². The van der Waals surface area contributed by atoms with Gasteiger partial charge in [-0.2, -0.15) is 0 Å². The fourth-order valence-electron chi connectivity index (χ4n) is 4.09. The summed E-state index contributed by atoms with van der Waals surface area (Å²) in [6.45, 7) is 2.86. The van der Waals surface area contributed by atoms with Crippen LogP contribution in [-0.4, -0.2) is 118 Å². The summed E-state index contributed by atoms with van der Waals surface area (Å²) in [6.07, 6.45) is -0.304. The van der Waals surface area contributed by atoms with E-state index < -0.39 is 109 Å². The van der Waals surface area contributed by atoms with Gasteiger partial charge < -0.3 is 64.8 Å². The number of hydrogen-bond acceptors (Lipinski definition) is 11. The number of unbranched alkanes of at least 4 members (excludes halogenated alkanes) is 1. The number of nitrogens with one attached hydrogen (secondary N) is 5. The van der Waals surface area contributed by atoms with E-state index in [-0.39, 0.29) is 31.8 Å². The molecule has 0 unspecified atom stereocenters. The molecule has 0 radical (unpaired) electrons. The van der Waals surface area contributed by atoms with Crippen LogP contribution in [0.1, 0.15) is 71.6 Å². The second-order valence-electron chi connectivity index (χ2n) is 11.2. The van der Waals surface area contributed by atoms with Gasteiger partial charge in [0, 0.05) is 19.4 Å². The highest BCUT2D eigenvalue weighted by Gasteiger charge is 2.31. The van der Waals surface area contributed by atoms with Gasteiger partial charge in [0.05, 0.1) is 6.04 Å². The summed E-state index contributed by atoms with van der Waals surface area (Å²) in [7, 11) is 0. The van der Waals surface area contributed by atoms with Crippen LogP contribution < -0.4 is 49.5 Å². The molecule has 0 aliphatic rings. The van der Waals surface area contributed by atoms with Crippen LogP contribution in [0.25, 0.3) is 0 Å². The lowest BCUT2D eigenvalue weighted by atomic mass is 10.1. The summed E-state index contributed by atoms with van der Waals surface area (Å²) in [4.78, 5) is 102. The zero-order valence-corrected chi connectivity index (χ0v) is 27.6. The standard InChI is InChI=1S/C28H50N10O11/c1-14(22(43)36-18(8-10-20(39)40)25(46)35-15(2)27(48)49)34-24(45)19(9-11-21(41)42)38-26(47)17(7-5-13-33-28(31)32)37-23(44)16(30)6-3-4-12-29/h14-19H,3-13,29-30H2,1-2H3,(H,34,45)(H,35,46)(H,36,43)(H,37,44)(H,38,47)(H,39,40)(H,41,42)(H,48,49)(H4,31,32,33)/t14-,15-,16-,17-,18-,19-/m0/s1. The summed E-state index contributed by atoms with van der Waals surface area (Å²) >= 11 is 0. The zero-order chi connectivity index (χ0) is 37.7. The molecule has 0 aromatic rings. The number of carbonyl (C=O) groups is 8. The lowest BCUT2D eigenvalue weighted by Crippen LogP contribution is -2.58. The molecule has 0 rings (SSSR count). The number of nitrogens with zero attached hydrogens (tertiary/aromatic N) is 1. The molecule has 6 atom stereocenters. The van der Waals surface area contributed by atoms with E-state index in [0.29, 0.717) is 19.4 Å². The van der Waals surface area contributed by atoms with Crippen LogP contribution in [0.2, 0.25) is 0 Å². The fraction of sp³-hybridized carbons (Fsp3) is 0.679. The van der Waals surface area contributed by atoms with Gasteiger partial charge in [0.2, 0.25) is 29.5 Å². The third-order valence-electron chi connectivity index (χ3n) is 6.93. The molecular formula is C28H50N10O11. The number of carbonyl (C=O) groups excluding carboxylic acids is 5. The predicted molar refractivity (Wildman–Crippen MR) is 173 cm³/mol. The molecule has 0 aromatic carbocycles. The summed E-state index contributed by atoms with van der Waals surface area (Å²) in [5.41, 5.74) is 22.1. The number of amides is 5. The lowest BCUT2D eigenvalue weighted by Gasteiger charge is -2.25. The SMILES string of the molecule is C[C@H](NC(=O)[C@H](CCC(=O)O)NC(=O)[C@H](C)NC(=O)[C@H](CCC(=O)O)NC(=O)[C@H](CCCN=C(N)N)NC(=O)[C@@H](N)CCCCN)C(=O)O. The summed E-state index contributed by atoms with van der Waals surface area (Å²) < 4.78 is 0. The van der Waals surface area contributed by atoms with E-state index in [1.807, 2.05) is 0 Å². The molecule has 16 N–H and O–H groups in total. The fourth-order valence-corrected chi connectivity index (χ4v) is 4.09. The first-order valence-corrected chi connectivity index (χ1v) is 15.6. The van der Waals surface area contributed by atoms with Crippen LogP contribution in [0, 0.1) is 0 Å². The Kier molecular flexibility index (Phi) is 20.9. The molecule has 49 heavy (non-hydrogen) atoms. The van der Waals surface area contributed by atoms with E-state index in [1.165, 1.54) is 6.92 Å². The molecule has 5 amide bonds. The molecule has 0 fully saturated rings. The van der Waals surface area contributed by atoms with E-state index >= 15 is 0 Å². The normalized spacial score (nSPS) is 14.4. The first-order chi connectivity index (χ1) is 22.9. The average Bonchev–Trinajstić information content (AvgIpc) is 3.01. The van der Waals surface area contributed by atoms with Crippen LogP contribution in [0.5, 0.6) is 0 Å². The van der Waals surface area contributed by atoms with Gasteiger partial charge in [-0.1, -0.05) is 6.42 Å². The monoisotopic (exact) mass is 702 g/mol. The van der Waals surface area contributed by atoms with Gasteiger partial charge >= 0.3 is 17.9 Å². The van der Waals surface area contributed by atoms with Crippen molar-refractivity contribution in [3.63, 3.8) is 0 Å². The number of rotatable bonds is 25. The zero-order valence-electron chi connectivity index (χ0n) is 27.6. The quantitative estimate of drug-likeness (QED) is 0.0244. The lowest BCUT2D eigenvalue weighted by molar-refractivity contribution is -0.142. The molecule has 0 heterocycles. The molecule has 278 valence electrons. The number of carboxylic acid groups (broad SMARTS) is 3. The van der Waals surface area contributed by atoms with Crippen molar-refractivity contribution in [3.8, 4) is 0 Å².